The van der Waals surface area contributed by atoms with E-state index in [4.69, 9.17) is 11.6 Å². The smallest absolute Gasteiger partial charge is 0.251 e. The van der Waals surface area contributed by atoms with Crippen LogP contribution in [0.15, 0.2) is 30.3 Å². The average Bonchev–Trinajstić information content (AvgIpc) is 2.52. The molecule has 0 saturated heterocycles. The molecule has 0 aliphatic rings. The summed E-state index contributed by atoms with van der Waals surface area (Å²) in [7, 11) is 1.56. The van der Waals surface area contributed by atoms with Crippen molar-refractivity contribution in [1.82, 2.24) is 15.6 Å². The molecule has 2 aromatic rings. The summed E-state index contributed by atoms with van der Waals surface area (Å²) in [6.07, 6.45) is 0.580. The predicted octanol–water partition coefficient (Wildman–Crippen LogP) is 2.78. The van der Waals surface area contributed by atoms with Crippen LogP contribution in [-0.2, 0) is 4.79 Å². The number of hydrogen-bond donors (Lipinski definition) is 2. The molecule has 122 valence electrons. The highest BCUT2D eigenvalue weighted by molar-refractivity contribution is 6.29. The number of hydrogen-bond acceptors (Lipinski definition) is 3. The number of amides is 2. The molecule has 1 aromatic carbocycles. The summed E-state index contributed by atoms with van der Waals surface area (Å²) >= 11 is 5.85. The third kappa shape index (κ3) is 4.42. The van der Waals surface area contributed by atoms with Gasteiger partial charge in [-0.05, 0) is 42.7 Å². The number of carbonyl (C=O) groups excluding carboxylic acids is 2. The Hall–Kier alpha value is -2.14. The van der Waals surface area contributed by atoms with Crippen LogP contribution in [0.25, 0.3) is 10.9 Å². The van der Waals surface area contributed by atoms with Gasteiger partial charge in [-0.2, -0.15) is 0 Å². The SMILES string of the molecule is CNC(=O)[C@@H](CC(C)C)NC(=O)c1ccc2nc(Cl)ccc2c1. The highest BCUT2D eigenvalue weighted by Gasteiger charge is 2.21. The second kappa shape index (κ2) is 7.42. The normalized spacial score (nSPS) is 12.2. The first-order chi connectivity index (χ1) is 10.9. The molecule has 2 N–H and O–H groups in total. The molecule has 0 spiro atoms. The van der Waals surface area contributed by atoms with Crippen molar-refractivity contribution in [2.75, 3.05) is 7.05 Å². The van der Waals surface area contributed by atoms with Crippen LogP contribution in [0.3, 0.4) is 0 Å². The zero-order valence-corrected chi connectivity index (χ0v) is 14.1. The molecule has 5 nitrogen and oxygen atoms in total. The average molecular weight is 334 g/mol. The lowest BCUT2D eigenvalue weighted by Crippen LogP contribution is -2.46. The summed E-state index contributed by atoms with van der Waals surface area (Å²) in [6, 6.07) is 8.10. The Balaban J connectivity index is 2.21. The van der Waals surface area contributed by atoms with Gasteiger partial charge in [0.25, 0.3) is 5.91 Å². The van der Waals surface area contributed by atoms with E-state index in [9.17, 15) is 9.59 Å². The Labute approximate surface area is 140 Å². The monoisotopic (exact) mass is 333 g/mol. The van der Waals surface area contributed by atoms with E-state index in [1.165, 1.54) is 0 Å². The number of nitrogens with zero attached hydrogens (tertiary/aromatic N) is 1. The summed E-state index contributed by atoms with van der Waals surface area (Å²) in [5, 5.41) is 6.61. The van der Waals surface area contributed by atoms with Crippen molar-refractivity contribution in [3.8, 4) is 0 Å². The molecule has 0 fully saturated rings. The van der Waals surface area contributed by atoms with E-state index in [2.05, 4.69) is 15.6 Å². The lowest BCUT2D eigenvalue weighted by molar-refractivity contribution is -0.122. The van der Waals surface area contributed by atoms with Crippen molar-refractivity contribution < 1.29 is 9.59 Å². The van der Waals surface area contributed by atoms with Crippen LogP contribution in [0.4, 0.5) is 0 Å². The largest absolute Gasteiger partial charge is 0.357 e. The third-order valence-electron chi connectivity index (χ3n) is 3.49. The van der Waals surface area contributed by atoms with E-state index in [0.717, 1.165) is 10.9 Å². The minimum absolute atomic E-state index is 0.193. The van der Waals surface area contributed by atoms with Gasteiger partial charge in [0.15, 0.2) is 0 Å². The maximum atomic E-state index is 12.4. The molecule has 6 heteroatoms. The molecule has 1 aromatic heterocycles. The summed E-state index contributed by atoms with van der Waals surface area (Å²) < 4.78 is 0. The molecule has 2 amide bonds. The quantitative estimate of drug-likeness (QED) is 0.826. The molecule has 23 heavy (non-hydrogen) atoms. The van der Waals surface area contributed by atoms with Gasteiger partial charge in [-0.15, -0.1) is 0 Å². The van der Waals surface area contributed by atoms with Crippen molar-refractivity contribution in [1.29, 1.82) is 0 Å². The zero-order chi connectivity index (χ0) is 17.0. The molecule has 0 radical (unpaired) electrons. The van der Waals surface area contributed by atoms with Crippen molar-refractivity contribution in [2.45, 2.75) is 26.3 Å². The maximum Gasteiger partial charge on any atom is 0.251 e. The molecule has 0 aliphatic carbocycles. The number of aromatic nitrogens is 1. The number of rotatable bonds is 5. The second-order valence-corrected chi connectivity index (χ2v) is 6.20. The summed E-state index contributed by atoms with van der Waals surface area (Å²) in [6.45, 7) is 4.01. The van der Waals surface area contributed by atoms with E-state index in [1.54, 1.807) is 31.3 Å². The van der Waals surface area contributed by atoms with Crippen molar-refractivity contribution >= 4 is 34.3 Å². The number of carbonyl (C=O) groups is 2. The summed E-state index contributed by atoms with van der Waals surface area (Å²) in [4.78, 5) is 28.5. The Bertz CT molecular complexity index is 731. The van der Waals surface area contributed by atoms with Crippen LogP contribution in [0, 0.1) is 5.92 Å². The van der Waals surface area contributed by atoms with Crippen molar-refractivity contribution in [2.24, 2.45) is 5.92 Å². The first-order valence-electron chi connectivity index (χ1n) is 7.49. The van der Waals surface area contributed by atoms with E-state index in [-0.39, 0.29) is 11.8 Å². The second-order valence-electron chi connectivity index (χ2n) is 5.81. The topological polar surface area (TPSA) is 71.1 Å². The van der Waals surface area contributed by atoms with Gasteiger partial charge in [0, 0.05) is 18.0 Å². The Kier molecular flexibility index (Phi) is 5.55. The Morgan fingerprint density at radius 1 is 1.22 bits per heavy atom. The molecule has 0 unspecified atom stereocenters. The highest BCUT2D eigenvalue weighted by atomic mass is 35.5. The zero-order valence-electron chi connectivity index (χ0n) is 13.4. The fourth-order valence-corrected chi connectivity index (χ4v) is 2.51. The van der Waals surface area contributed by atoms with E-state index >= 15 is 0 Å². The number of likely N-dealkylation sites (N-methyl/N-ethyl adjacent to an activating group) is 1. The maximum absolute atomic E-state index is 12.4. The minimum atomic E-state index is -0.550. The summed E-state index contributed by atoms with van der Waals surface area (Å²) in [5.41, 5.74) is 1.21. The fourth-order valence-electron chi connectivity index (χ4n) is 2.36. The van der Waals surface area contributed by atoms with Crippen LogP contribution in [0.2, 0.25) is 5.15 Å². The molecular weight excluding hydrogens is 314 g/mol. The number of benzene rings is 1. The lowest BCUT2D eigenvalue weighted by Gasteiger charge is -2.19. The summed E-state index contributed by atoms with van der Waals surface area (Å²) in [5.74, 6) is -0.182. The number of halogens is 1. The Morgan fingerprint density at radius 3 is 2.61 bits per heavy atom. The first kappa shape index (κ1) is 17.2. The number of pyridine rings is 1. The minimum Gasteiger partial charge on any atom is -0.357 e. The van der Waals surface area contributed by atoms with Crippen LogP contribution in [0.5, 0.6) is 0 Å². The standard InChI is InChI=1S/C17H20ClN3O2/c1-10(2)8-14(17(23)19-3)21-16(22)12-4-6-13-11(9-12)5-7-15(18)20-13/h4-7,9-10,14H,8H2,1-3H3,(H,19,23)(H,21,22)/t14-/m1/s1. The van der Waals surface area contributed by atoms with Crippen LogP contribution in [0.1, 0.15) is 30.6 Å². The van der Waals surface area contributed by atoms with Crippen LogP contribution in [-0.4, -0.2) is 29.9 Å². The molecule has 2 rings (SSSR count). The van der Waals surface area contributed by atoms with Gasteiger partial charge >= 0.3 is 0 Å². The van der Waals surface area contributed by atoms with E-state index in [1.807, 2.05) is 19.9 Å². The molecule has 0 bridgehead atoms. The van der Waals surface area contributed by atoms with Gasteiger partial charge in [0.05, 0.1) is 5.52 Å². The van der Waals surface area contributed by atoms with Crippen LogP contribution < -0.4 is 10.6 Å². The number of nitrogens with one attached hydrogen (secondary N) is 2. The van der Waals surface area contributed by atoms with Crippen molar-refractivity contribution in [3.63, 3.8) is 0 Å². The molecule has 0 saturated carbocycles. The molecule has 0 aliphatic heterocycles. The van der Waals surface area contributed by atoms with E-state index < -0.39 is 6.04 Å². The van der Waals surface area contributed by atoms with Gasteiger partial charge in [-0.3, -0.25) is 9.59 Å². The van der Waals surface area contributed by atoms with Crippen LogP contribution >= 0.6 is 11.6 Å². The molecule has 1 atom stereocenters. The fraction of sp³-hybridized carbons (Fsp3) is 0.353. The third-order valence-corrected chi connectivity index (χ3v) is 3.70. The van der Waals surface area contributed by atoms with Gasteiger partial charge < -0.3 is 10.6 Å². The Morgan fingerprint density at radius 2 is 1.96 bits per heavy atom. The highest BCUT2D eigenvalue weighted by Crippen LogP contribution is 2.17. The van der Waals surface area contributed by atoms with Gasteiger partial charge in [0.1, 0.15) is 11.2 Å². The van der Waals surface area contributed by atoms with Gasteiger partial charge in [-0.1, -0.05) is 25.4 Å². The van der Waals surface area contributed by atoms with Crippen molar-refractivity contribution in [3.05, 3.63) is 41.0 Å². The molecule has 1 heterocycles. The number of fused-ring (bicyclic) bond motifs is 1. The van der Waals surface area contributed by atoms with Gasteiger partial charge in [0.2, 0.25) is 5.91 Å². The lowest BCUT2D eigenvalue weighted by atomic mass is 10.0. The van der Waals surface area contributed by atoms with E-state index in [0.29, 0.717) is 23.1 Å². The first-order valence-corrected chi connectivity index (χ1v) is 7.87. The molecular formula is C17H20ClN3O2. The predicted molar refractivity (Wildman–Crippen MR) is 91.5 cm³/mol. The van der Waals surface area contributed by atoms with Gasteiger partial charge in [-0.25, -0.2) is 4.98 Å².